The number of rotatable bonds is 5. The Labute approximate surface area is 137 Å². The zero-order valence-corrected chi connectivity index (χ0v) is 13.6. The predicted octanol–water partition coefficient (Wildman–Crippen LogP) is 1.44. The number of hydrogen-bond acceptors (Lipinski definition) is 6. The second-order valence-corrected chi connectivity index (χ2v) is 7.30. The van der Waals surface area contributed by atoms with Gasteiger partial charge in [-0.25, -0.2) is 22.5 Å². The number of amides is 1. The van der Waals surface area contributed by atoms with Crippen molar-refractivity contribution in [3.05, 3.63) is 53.2 Å². The molecule has 1 aliphatic rings. The van der Waals surface area contributed by atoms with Gasteiger partial charge in [0.1, 0.15) is 11.5 Å². The first-order valence-corrected chi connectivity index (χ1v) is 8.75. The summed E-state index contributed by atoms with van der Waals surface area (Å²) in [5.74, 6) is -0.891. The molecule has 3 rings (SSSR count). The van der Waals surface area contributed by atoms with Crippen LogP contribution in [-0.4, -0.2) is 32.5 Å². The molecule has 0 saturated carbocycles. The van der Waals surface area contributed by atoms with E-state index in [0.29, 0.717) is 11.3 Å². The Morgan fingerprint density at radius 1 is 1.33 bits per heavy atom. The summed E-state index contributed by atoms with van der Waals surface area (Å²) in [7, 11) is -3.92. The first-order valence-electron chi connectivity index (χ1n) is 7.10. The van der Waals surface area contributed by atoms with E-state index < -0.39 is 27.4 Å². The Kier molecular flexibility index (Phi) is 4.14. The summed E-state index contributed by atoms with van der Waals surface area (Å²) in [6.07, 6.45) is 1.14. The van der Waals surface area contributed by atoms with Crippen molar-refractivity contribution in [2.75, 3.05) is 13.2 Å². The molecule has 24 heavy (non-hydrogen) atoms. The second kappa shape index (κ2) is 5.99. The van der Waals surface area contributed by atoms with E-state index in [9.17, 15) is 17.6 Å². The normalized spacial score (nSPS) is 16.4. The number of nitrogens with zero attached hydrogens (tertiary/aromatic N) is 1. The van der Waals surface area contributed by atoms with Gasteiger partial charge in [0.2, 0.25) is 10.0 Å². The summed E-state index contributed by atoms with van der Waals surface area (Å²) in [5, 5.41) is 0. The summed E-state index contributed by atoms with van der Waals surface area (Å²) in [6.45, 7) is 1.53. The highest BCUT2D eigenvalue weighted by Crippen LogP contribution is 2.33. The molecule has 0 unspecified atom stereocenters. The molecular formula is C15H15FN2O5S. The number of carbonyl (C=O) groups is 1. The van der Waals surface area contributed by atoms with Crippen LogP contribution in [0.4, 0.5) is 4.39 Å². The van der Waals surface area contributed by atoms with E-state index in [1.54, 1.807) is 6.92 Å². The Balaban J connectivity index is 1.69. The Morgan fingerprint density at radius 2 is 2.00 bits per heavy atom. The van der Waals surface area contributed by atoms with E-state index in [1.165, 1.54) is 24.3 Å². The minimum Gasteiger partial charge on any atom is -0.448 e. The van der Waals surface area contributed by atoms with Gasteiger partial charge in [-0.2, -0.15) is 0 Å². The lowest BCUT2D eigenvalue weighted by molar-refractivity contribution is -0.135. The second-order valence-electron chi connectivity index (χ2n) is 5.58. The third kappa shape index (κ3) is 3.31. The molecule has 0 bridgehead atoms. The van der Waals surface area contributed by atoms with Crippen LogP contribution in [-0.2, 0) is 26.2 Å². The van der Waals surface area contributed by atoms with Crippen molar-refractivity contribution in [3.8, 4) is 0 Å². The first-order chi connectivity index (χ1) is 11.3. The first kappa shape index (κ1) is 16.6. The summed E-state index contributed by atoms with van der Waals surface area (Å²) in [6, 6.07) is 5.65. The summed E-state index contributed by atoms with van der Waals surface area (Å²) < 4.78 is 49.9. The molecule has 1 aromatic carbocycles. The van der Waals surface area contributed by atoms with Crippen LogP contribution in [0.3, 0.4) is 0 Å². The van der Waals surface area contributed by atoms with Gasteiger partial charge in [-0.15, -0.1) is 0 Å². The number of aryl methyl sites for hydroxylation is 1. The lowest BCUT2D eigenvalue weighted by atomic mass is 9.93. The molecule has 0 spiro atoms. The zero-order valence-electron chi connectivity index (χ0n) is 12.8. The van der Waals surface area contributed by atoms with Crippen molar-refractivity contribution >= 4 is 15.9 Å². The van der Waals surface area contributed by atoms with E-state index >= 15 is 0 Å². The number of alkyl halides is 1. The molecule has 1 aliphatic heterocycles. The van der Waals surface area contributed by atoms with Crippen LogP contribution >= 0.6 is 0 Å². The van der Waals surface area contributed by atoms with Crippen LogP contribution < -0.4 is 4.72 Å². The van der Waals surface area contributed by atoms with Crippen LogP contribution in [0.5, 0.6) is 0 Å². The fourth-order valence-electron chi connectivity index (χ4n) is 2.25. The summed E-state index contributed by atoms with van der Waals surface area (Å²) >= 11 is 0. The van der Waals surface area contributed by atoms with Crippen molar-refractivity contribution in [2.45, 2.75) is 18.3 Å². The molecule has 1 fully saturated rings. The van der Waals surface area contributed by atoms with Crippen LogP contribution in [0.25, 0.3) is 0 Å². The van der Waals surface area contributed by atoms with E-state index in [1.807, 2.05) is 4.72 Å². The van der Waals surface area contributed by atoms with Gasteiger partial charge in [0, 0.05) is 5.56 Å². The van der Waals surface area contributed by atoms with Crippen molar-refractivity contribution in [2.24, 2.45) is 0 Å². The number of ether oxygens (including phenoxy) is 1. The highest BCUT2D eigenvalue weighted by molar-refractivity contribution is 7.89. The monoisotopic (exact) mass is 354 g/mol. The van der Waals surface area contributed by atoms with E-state index in [4.69, 9.17) is 9.15 Å². The van der Waals surface area contributed by atoms with Gasteiger partial charge in [-0.05, 0) is 24.6 Å². The number of sulfonamides is 1. The number of benzene rings is 1. The number of carbonyl (C=O) groups excluding carboxylic acids is 1. The van der Waals surface area contributed by atoms with Crippen LogP contribution in [0.15, 0.2) is 35.1 Å². The van der Waals surface area contributed by atoms with Crippen molar-refractivity contribution in [1.82, 2.24) is 9.71 Å². The fraction of sp³-hybridized carbons (Fsp3) is 0.333. The molecule has 128 valence electrons. The maximum absolute atomic E-state index is 14.2. The molecule has 1 aromatic heterocycles. The van der Waals surface area contributed by atoms with Crippen LogP contribution in [0, 0.1) is 6.92 Å². The largest absolute Gasteiger partial charge is 0.448 e. The van der Waals surface area contributed by atoms with Gasteiger partial charge in [0.25, 0.3) is 5.91 Å². The van der Waals surface area contributed by atoms with E-state index in [2.05, 4.69) is 4.98 Å². The van der Waals surface area contributed by atoms with Crippen LogP contribution in [0.2, 0.25) is 0 Å². The van der Waals surface area contributed by atoms with Crippen molar-refractivity contribution < 1.29 is 26.8 Å². The average Bonchev–Trinajstić information content (AvgIpc) is 2.89. The molecule has 9 heteroatoms. The lowest BCUT2D eigenvalue weighted by Crippen LogP contribution is -2.42. The zero-order chi connectivity index (χ0) is 17.4. The lowest BCUT2D eigenvalue weighted by Gasteiger charge is -2.34. The number of hydrogen-bond donors (Lipinski definition) is 1. The summed E-state index contributed by atoms with van der Waals surface area (Å²) in [5.41, 5.74) is -0.796. The van der Waals surface area contributed by atoms with Gasteiger partial charge in [0.05, 0.1) is 18.9 Å². The maximum atomic E-state index is 14.2. The van der Waals surface area contributed by atoms with Crippen LogP contribution in [0.1, 0.15) is 27.4 Å². The Bertz CT molecular complexity index is 856. The minimum atomic E-state index is -3.92. The average molecular weight is 354 g/mol. The standard InChI is InChI=1S/C15H15FN2O5S/c1-10-13(17-9-23-10)6-24(20,21)18-14(19)11-2-4-12(5-3-11)15(16)7-22-8-15/h2-5,9H,6-8H2,1H3,(H,18,19). The third-order valence-electron chi connectivity index (χ3n) is 3.75. The molecule has 0 radical (unpaired) electrons. The highest BCUT2D eigenvalue weighted by atomic mass is 32.2. The molecule has 2 heterocycles. The fourth-order valence-corrected chi connectivity index (χ4v) is 3.36. The maximum Gasteiger partial charge on any atom is 0.264 e. The molecule has 1 saturated heterocycles. The Hall–Kier alpha value is -2.26. The molecule has 0 atom stereocenters. The predicted molar refractivity (Wildman–Crippen MR) is 81.4 cm³/mol. The van der Waals surface area contributed by atoms with Crippen molar-refractivity contribution in [1.29, 1.82) is 0 Å². The minimum absolute atomic E-state index is 0.0238. The molecular weight excluding hydrogens is 339 g/mol. The number of nitrogens with one attached hydrogen (secondary N) is 1. The van der Waals surface area contributed by atoms with E-state index in [-0.39, 0.29) is 24.5 Å². The molecule has 7 nitrogen and oxygen atoms in total. The van der Waals surface area contributed by atoms with Gasteiger partial charge < -0.3 is 9.15 Å². The van der Waals surface area contributed by atoms with Crippen molar-refractivity contribution in [3.63, 3.8) is 0 Å². The molecule has 2 aromatic rings. The SMILES string of the molecule is Cc1ocnc1CS(=O)(=O)NC(=O)c1ccc(C2(F)COC2)cc1. The van der Waals surface area contributed by atoms with Gasteiger partial charge in [-0.3, -0.25) is 4.79 Å². The third-order valence-corrected chi connectivity index (χ3v) is 4.90. The Morgan fingerprint density at radius 3 is 2.50 bits per heavy atom. The van der Waals surface area contributed by atoms with Gasteiger partial charge in [0.15, 0.2) is 12.1 Å². The van der Waals surface area contributed by atoms with Gasteiger partial charge >= 0.3 is 0 Å². The number of oxazole rings is 1. The topological polar surface area (TPSA) is 98.5 Å². The van der Waals surface area contributed by atoms with E-state index in [0.717, 1.165) is 6.39 Å². The molecule has 1 N–H and O–H groups in total. The highest BCUT2D eigenvalue weighted by Gasteiger charge is 2.40. The number of halogens is 1. The summed E-state index contributed by atoms with van der Waals surface area (Å²) in [4.78, 5) is 15.9. The molecule has 1 amide bonds. The quantitative estimate of drug-likeness (QED) is 0.872. The number of aromatic nitrogens is 1. The smallest absolute Gasteiger partial charge is 0.264 e. The van der Waals surface area contributed by atoms with Gasteiger partial charge in [-0.1, -0.05) is 12.1 Å². The molecule has 0 aliphatic carbocycles.